The van der Waals surface area contributed by atoms with Crippen molar-refractivity contribution < 1.29 is 0 Å². The number of hydrogen-bond donors (Lipinski definition) is 1. The molecule has 0 aromatic carbocycles. The van der Waals surface area contributed by atoms with Crippen LogP contribution < -0.4 is 5.32 Å². The molecule has 0 radical (unpaired) electrons. The van der Waals surface area contributed by atoms with Gasteiger partial charge in [0.1, 0.15) is 0 Å². The smallest absolute Gasteiger partial charge is 0.0110 e. The van der Waals surface area contributed by atoms with Crippen molar-refractivity contribution in [3.63, 3.8) is 0 Å². The zero-order valence-electron chi connectivity index (χ0n) is 13.6. The van der Waals surface area contributed by atoms with Gasteiger partial charge in [-0.05, 0) is 65.5 Å². The molecule has 0 saturated carbocycles. The highest BCUT2D eigenvalue weighted by Crippen LogP contribution is 2.10. The monoisotopic (exact) mass is 282 g/mol. The summed E-state index contributed by atoms with van der Waals surface area (Å²) in [6.07, 6.45) is 5.28. The summed E-state index contributed by atoms with van der Waals surface area (Å²) >= 11 is 0. The molecule has 2 fully saturated rings. The van der Waals surface area contributed by atoms with Crippen LogP contribution in [0.4, 0.5) is 0 Å². The van der Waals surface area contributed by atoms with Crippen LogP contribution in [0, 0.1) is 0 Å². The van der Waals surface area contributed by atoms with Crippen LogP contribution in [0.25, 0.3) is 0 Å². The van der Waals surface area contributed by atoms with Gasteiger partial charge in [0.25, 0.3) is 0 Å². The number of nitrogens with one attached hydrogen (secondary N) is 1. The first-order chi connectivity index (χ1) is 9.78. The van der Waals surface area contributed by atoms with E-state index in [1.165, 1.54) is 84.6 Å². The Labute approximate surface area is 125 Å². The SMILES string of the molecule is CCCN1CCC(NCCCN2CCN(C)CC2)CC1. The molecule has 0 atom stereocenters. The minimum atomic E-state index is 0.774. The summed E-state index contributed by atoms with van der Waals surface area (Å²) < 4.78 is 0. The van der Waals surface area contributed by atoms with E-state index >= 15 is 0 Å². The Morgan fingerprint density at radius 1 is 0.900 bits per heavy atom. The van der Waals surface area contributed by atoms with Crippen LogP contribution in [0.2, 0.25) is 0 Å². The molecule has 0 spiro atoms. The van der Waals surface area contributed by atoms with Crippen molar-refractivity contribution in [1.29, 1.82) is 0 Å². The Morgan fingerprint density at radius 2 is 1.55 bits per heavy atom. The maximum atomic E-state index is 3.77. The fourth-order valence-corrected chi connectivity index (χ4v) is 3.36. The summed E-state index contributed by atoms with van der Waals surface area (Å²) in [7, 11) is 2.23. The third-order valence-corrected chi connectivity index (χ3v) is 4.81. The standard InChI is InChI=1S/C16H34N4/c1-3-8-19-10-5-16(6-11-19)17-7-4-9-20-14-12-18(2)13-15-20/h16-17H,3-15H2,1-2H3. The highest BCUT2D eigenvalue weighted by Gasteiger charge is 2.18. The molecule has 0 aromatic heterocycles. The van der Waals surface area contributed by atoms with Gasteiger partial charge in [0.05, 0.1) is 0 Å². The summed E-state index contributed by atoms with van der Waals surface area (Å²) in [5.41, 5.74) is 0. The van der Waals surface area contributed by atoms with E-state index in [1.54, 1.807) is 0 Å². The fourth-order valence-electron chi connectivity index (χ4n) is 3.36. The first-order valence-electron chi connectivity index (χ1n) is 8.64. The normalized spacial score (nSPS) is 24.3. The van der Waals surface area contributed by atoms with Gasteiger partial charge >= 0.3 is 0 Å². The fraction of sp³-hybridized carbons (Fsp3) is 1.00. The molecule has 0 bridgehead atoms. The quantitative estimate of drug-likeness (QED) is 0.706. The zero-order chi connectivity index (χ0) is 14.2. The maximum absolute atomic E-state index is 3.77. The molecule has 20 heavy (non-hydrogen) atoms. The molecule has 4 heteroatoms. The van der Waals surface area contributed by atoms with Crippen LogP contribution in [0.15, 0.2) is 0 Å². The van der Waals surface area contributed by atoms with Crippen molar-refractivity contribution in [3.05, 3.63) is 0 Å². The average Bonchev–Trinajstić information content (AvgIpc) is 2.47. The topological polar surface area (TPSA) is 21.8 Å². The Hall–Kier alpha value is -0.160. The third-order valence-electron chi connectivity index (χ3n) is 4.81. The van der Waals surface area contributed by atoms with E-state index in [1.807, 2.05) is 0 Å². The zero-order valence-corrected chi connectivity index (χ0v) is 13.6. The molecule has 2 rings (SSSR count). The van der Waals surface area contributed by atoms with E-state index in [9.17, 15) is 0 Å². The number of hydrogen-bond acceptors (Lipinski definition) is 4. The van der Waals surface area contributed by atoms with Gasteiger partial charge in [-0.2, -0.15) is 0 Å². The summed E-state index contributed by atoms with van der Waals surface area (Å²) in [5, 5.41) is 3.77. The van der Waals surface area contributed by atoms with Crippen LogP contribution in [0.5, 0.6) is 0 Å². The number of likely N-dealkylation sites (tertiary alicyclic amines) is 1. The minimum Gasteiger partial charge on any atom is -0.314 e. The lowest BCUT2D eigenvalue weighted by atomic mass is 10.0. The van der Waals surface area contributed by atoms with E-state index in [-0.39, 0.29) is 0 Å². The second kappa shape index (κ2) is 8.98. The molecule has 4 nitrogen and oxygen atoms in total. The molecular formula is C16H34N4. The van der Waals surface area contributed by atoms with Crippen LogP contribution in [-0.4, -0.2) is 86.7 Å². The molecule has 2 aliphatic heterocycles. The molecule has 0 amide bonds. The summed E-state index contributed by atoms with van der Waals surface area (Å²) in [5.74, 6) is 0. The number of nitrogens with zero attached hydrogens (tertiary/aromatic N) is 3. The lowest BCUT2D eigenvalue weighted by Gasteiger charge is -2.33. The third kappa shape index (κ3) is 5.68. The van der Waals surface area contributed by atoms with Gasteiger partial charge in [0.2, 0.25) is 0 Å². The minimum absolute atomic E-state index is 0.774. The number of rotatable bonds is 7. The van der Waals surface area contributed by atoms with Crippen molar-refractivity contribution in [2.45, 2.75) is 38.6 Å². The summed E-state index contributed by atoms with van der Waals surface area (Å²) in [4.78, 5) is 7.66. The van der Waals surface area contributed by atoms with Gasteiger partial charge in [-0.1, -0.05) is 6.92 Å². The van der Waals surface area contributed by atoms with E-state index < -0.39 is 0 Å². The second-order valence-corrected chi connectivity index (χ2v) is 6.57. The number of piperidine rings is 1. The second-order valence-electron chi connectivity index (χ2n) is 6.57. The average molecular weight is 282 g/mol. The van der Waals surface area contributed by atoms with Crippen molar-refractivity contribution in [2.24, 2.45) is 0 Å². The van der Waals surface area contributed by atoms with E-state index in [4.69, 9.17) is 0 Å². The van der Waals surface area contributed by atoms with Crippen LogP contribution in [0.1, 0.15) is 32.6 Å². The molecule has 118 valence electrons. The van der Waals surface area contributed by atoms with Gasteiger partial charge < -0.3 is 20.0 Å². The number of piperazine rings is 1. The van der Waals surface area contributed by atoms with Gasteiger partial charge in [-0.25, -0.2) is 0 Å². The van der Waals surface area contributed by atoms with Crippen molar-refractivity contribution in [2.75, 3.05) is 66.0 Å². The Morgan fingerprint density at radius 3 is 2.20 bits per heavy atom. The Kier molecular flexibility index (Phi) is 7.28. The van der Waals surface area contributed by atoms with Crippen LogP contribution in [-0.2, 0) is 0 Å². The largest absolute Gasteiger partial charge is 0.314 e. The number of likely N-dealkylation sites (N-methyl/N-ethyl adjacent to an activating group) is 1. The molecule has 1 N–H and O–H groups in total. The van der Waals surface area contributed by atoms with Crippen molar-refractivity contribution in [3.8, 4) is 0 Å². The molecule has 2 heterocycles. The van der Waals surface area contributed by atoms with Crippen LogP contribution in [0.3, 0.4) is 0 Å². The lowest BCUT2D eigenvalue weighted by molar-refractivity contribution is 0.151. The van der Waals surface area contributed by atoms with Gasteiger partial charge in [-0.15, -0.1) is 0 Å². The molecule has 0 aliphatic carbocycles. The Bertz CT molecular complexity index is 243. The molecule has 2 saturated heterocycles. The predicted octanol–water partition coefficient (Wildman–Crippen LogP) is 1.09. The van der Waals surface area contributed by atoms with Gasteiger partial charge in [0.15, 0.2) is 0 Å². The summed E-state index contributed by atoms with van der Waals surface area (Å²) in [6.45, 7) is 13.6. The van der Waals surface area contributed by atoms with Gasteiger partial charge in [0, 0.05) is 32.2 Å². The molecule has 0 unspecified atom stereocenters. The first-order valence-corrected chi connectivity index (χ1v) is 8.64. The van der Waals surface area contributed by atoms with E-state index in [2.05, 4.69) is 34.0 Å². The predicted molar refractivity (Wildman–Crippen MR) is 86.3 cm³/mol. The van der Waals surface area contributed by atoms with Crippen LogP contribution >= 0.6 is 0 Å². The highest BCUT2D eigenvalue weighted by atomic mass is 15.2. The lowest BCUT2D eigenvalue weighted by Crippen LogP contribution is -2.46. The van der Waals surface area contributed by atoms with Crippen molar-refractivity contribution >= 4 is 0 Å². The van der Waals surface area contributed by atoms with E-state index in [0.29, 0.717) is 0 Å². The maximum Gasteiger partial charge on any atom is 0.0110 e. The van der Waals surface area contributed by atoms with Gasteiger partial charge in [-0.3, -0.25) is 0 Å². The molecule has 0 aromatic rings. The highest BCUT2D eigenvalue weighted by molar-refractivity contribution is 4.77. The first kappa shape index (κ1) is 16.2. The Balaban J connectivity index is 1.47. The van der Waals surface area contributed by atoms with Crippen molar-refractivity contribution in [1.82, 2.24) is 20.0 Å². The molecular weight excluding hydrogens is 248 g/mol. The summed E-state index contributed by atoms with van der Waals surface area (Å²) in [6, 6.07) is 0.774. The van der Waals surface area contributed by atoms with E-state index in [0.717, 1.165) is 6.04 Å². The molecule has 2 aliphatic rings.